The third-order valence-corrected chi connectivity index (χ3v) is 7.19. The Morgan fingerprint density at radius 2 is 1.94 bits per heavy atom. The first-order chi connectivity index (χ1) is 17.5. The number of carbonyl (C=O) groups is 1. The molecular weight excluding hydrogens is 496 g/mol. The maximum Gasteiger partial charge on any atom is 0.267 e. The van der Waals surface area contributed by atoms with Gasteiger partial charge in [0, 0.05) is 19.3 Å². The van der Waals surface area contributed by atoms with Crippen LogP contribution >= 0.6 is 24.0 Å². The molecule has 3 aromatic rings. The van der Waals surface area contributed by atoms with E-state index in [-0.39, 0.29) is 11.5 Å². The molecule has 0 unspecified atom stereocenters. The van der Waals surface area contributed by atoms with Crippen LogP contribution in [0.1, 0.15) is 30.9 Å². The zero-order chi connectivity index (χ0) is 25.7. The maximum atomic E-state index is 13.3. The molecule has 0 spiro atoms. The molecule has 1 amide bonds. The van der Waals surface area contributed by atoms with Crippen LogP contribution < -0.4 is 20.3 Å². The van der Waals surface area contributed by atoms with E-state index in [0.717, 1.165) is 18.4 Å². The summed E-state index contributed by atoms with van der Waals surface area (Å²) in [6.45, 7) is 3.19. The number of aromatic nitrogens is 2. The summed E-state index contributed by atoms with van der Waals surface area (Å²) in [5, 5.41) is 3.27. The Kier molecular flexibility index (Phi) is 8.27. The number of anilines is 1. The summed E-state index contributed by atoms with van der Waals surface area (Å²) in [6, 6.07) is 11.1. The second-order valence-electron chi connectivity index (χ2n) is 8.16. The summed E-state index contributed by atoms with van der Waals surface area (Å²) in [5.74, 6) is 1.53. The largest absolute Gasteiger partial charge is 0.493 e. The van der Waals surface area contributed by atoms with Gasteiger partial charge in [-0.05, 0) is 48.7 Å². The van der Waals surface area contributed by atoms with Crippen LogP contribution in [0, 0.1) is 0 Å². The molecule has 1 N–H and O–H groups in total. The Balaban J connectivity index is 1.60. The number of amides is 1. The number of hydrogen-bond donors (Lipinski definition) is 1. The van der Waals surface area contributed by atoms with Crippen LogP contribution in [0.3, 0.4) is 0 Å². The molecule has 1 aliphatic heterocycles. The van der Waals surface area contributed by atoms with Crippen molar-refractivity contribution in [3.05, 3.63) is 69.0 Å². The number of nitrogens with zero attached hydrogens (tertiary/aromatic N) is 3. The number of hydrogen-bond acceptors (Lipinski definition) is 8. The van der Waals surface area contributed by atoms with Crippen LogP contribution in [0.4, 0.5) is 5.82 Å². The second kappa shape index (κ2) is 11.6. The highest BCUT2D eigenvalue weighted by molar-refractivity contribution is 8.26. The van der Waals surface area contributed by atoms with Crippen molar-refractivity contribution in [1.29, 1.82) is 0 Å². The highest BCUT2D eigenvalue weighted by Gasteiger charge is 2.32. The highest BCUT2D eigenvalue weighted by Crippen LogP contribution is 2.34. The lowest BCUT2D eigenvalue weighted by atomic mass is 10.1. The van der Waals surface area contributed by atoms with Gasteiger partial charge in [0.2, 0.25) is 0 Å². The summed E-state index contributed by atoms with van der Waals surface area (Å²) in [6.07, 6.45) is 5.82. The number of thioether (sulfide) groups is 1. The fourth-order valence-electron chi connectivity index (χ4n) is 3.85. The Morgan fingerprint density at radius 1 is 1.14 bits per heavy atom. The first-order valence-electron chi connectivity index (χ1n) is 11.7. The normalized spacial score (nSPS) is 14.6. The lowest BCUT2D eigenvalue weighted by Crippen LogP contribution is -2.30. The molecule has 2 aromatic heterocycles. The molecule has 10 heteroatoms. The van der Waals surface area contributed by atoms with E-state index in [9.17, 15) is 9.59 Å². The molecule has 3 heterocycles. The number of benzene rings is 1. The van der Waals surface area contributed by atoms with Crippen molar-refractivity contribution in [3.63, 3.8) is 0 Å². The smallest absolute Gasteiger partial charge is 0.267 e. The topological polar surface area (TPSA) is 85.2 Å². The highest BCUT2D eigenvalue weighted by atomic mass is 32.2. The fraction of sp³-hybridized carbons (Fsp3) is 0.308. The van der Waals surface area contributed by atoms with E-state index in [1.807, 2.05) is 24.3 Å². The van der Waals surface area contributed by atoms with Crippen molar-refractivity contribution in [2.75, 3.05) is 32.6 Å². The van der Waals surface area contributed by atoms with Gasteiger partial charge < -0.3 is 14.8 Å². The number of carbonyl (C=O) groups excluding carboxylic acids is 1. The van der Waals surface area contributed by atoms with Crippen LogP contribution in [-0.4, -0.2) is 51.8 Å². The van der Waals surface area contributed by atoms with Gasteiger partial charge in [0.25, 0.3) is 11.5 Å². The van der Waals surface area contributed by atoms with Gasteiger partial charge in [-0.15, -0.1) is 0 Å². The molecular formula is C26H28N4O4S2. The molecule has 36 heavy (non-hydrogen) atoms. The Morgan fingerprint density at radius 3 is 2.69 bits per heavy atom. The van der Waals surface area contributed by atoms with Gasteiger partial charge in [-0.1, -0.05) is 49.5 Å². The number of fused-ring (bicyclic) bond motifs is 1. The molecule has 4 rings (SSSR count). The first kappa shape index (κ1) is 25.7. The first-order valence-corrected chi connectivity index (χ1v) is 12.9. The monoisotopic (exact) mass is 524 g/mol. The molecule has 0 radical (unpaired) electrons. The van der Waals surface area contributed by atoms with E-state index in [1.54, 1.807) is 43.5 Å². The summed E-state index contributed by atoms with van der Waals surface area (Å²) >= 11 is 6.71. The van der Waals surface area contributed by atoms with Crippen molar-refractivity contribution in [3.8, 4) is 11.5 Å². The zero-order valence-corrected chi connectivity index (χ0v) is 22.1. The second-order valence-corrected chi connectivity index (χ2v) is 9.84. The van der Waals surface area contributed by atoms with Gasteiger partial charge in [-0.25, -0.2) is 4.98 Å². The molecule has 1 aromatic carbocycles. The van der Waals surface area contributed by atoms with Gasteiger partial charge in [0.15, 0.2) is 11.5 Å². The van der Waals surface area contributed by atoms with Crippen LogP contribution in [-0.2, 0) is 11.2 Å². The number of unbranched alkanes of at least 4 members (excludes halogenated alkanes) is 1. The third kappa shape index (κ3) is 5.39. The molecule has 1 saturated heterocycles. The van der Waals surface area contributed by atoms with Crippen LogP contribution in [0.15, 0.2) is 52.3 Å². The third-order valence-electron chi connectivity index (χ3n) is 5.81. The van der Waals surface area contributed by atoms with Gasteiger partial charge >= 0.3 is 0 Å². The van der Waals surface area contributed by atoms with Crippen molar-refractivity contribution < 1.29 is 14.3 Å². The van der Waals surface area contributed by atoms with Crippen molar-refractivity contribution in [1.82, 2.24) is 14.3 Å². The molecule has 1 aliphatic rings. The van der Waals surface area contributed by atoms with Gasteiger partial charge in [-0.2, -0.15) is 0 Å². The number of pyridine rings is 1. The van der Waals surface area contributed by atoms with Gasteiger partial charge in [0.05, 0.1) is 24.7 Å². The van der Waals surface area contributed by atoms with E-state index in [2.05, 4.69) is 17.2 Å². The Bertz CT molecular complexity index is 1390. The SMILES string of the molecule is CCCCNc1nc2ccccn2c(=O)c1C=C1SC(=S)N(CCc2ccc(OC)c(OC)c2)C1=O. The number of thiocarbonyl (C=S) groups is 1. The fourth-order valence-corrected chi connectivity index (χ4v) is 5.14. The maximum absolute atomic E-state index is 13.3. The number of ether oxygens (including phenoxy) is 2. The summed E-state index contributed by atoms with van der Waals surface area (Å²) in [4.78, 5) is 33.2. The molecule has 0 atom stereocenters. The lowest BCUT2D eigenvalue weighted by molar-refractivity contribution is -0.122. The molecule has 0 bridgehead atoms. The van der Waals surface area contributed by atoms with E-state index < -0.39 is 0 Å². The minimum atomic E-state index is -0.241. The van der Waals surface area contributed by atoms with Crippen LogP contribution in [0.5, 0.6) is 11.5 Å². The van der Waals surface area contributed by atoms with E-state index in [1.165, 1.54) is 16.2 Å². The summed E-state index contributed by atoms with van der Waals surface area (Å²) in [7, 11) is 3.18. The summed E-state index contributed by atoms with van der Waals surface area (Å²) in [5.41, 5.74) is 1.64. The van der Waals surface area contributed by atoms with Crippen molar-refractivity contribution in [2.45, 2.75) is 26.2 Å². The minimum absolute atomic E-state index is 0.220. The Hall–Kier alpha value is -3.37. The average molecular weight is 525 g/mol. The van der Waals surface area contributed by atoms with E-state index >= 15 is 0 Å². The van der Waals surface area contributed by atoms with Gasteiger partial charge in [-0.3, -0.25) is 18.9 Å². The van der Waals surface area contributed by atoms with Gasteiger partial charge in [0.1, 0.15) is 15.8 Å². The van der Waals surface area contributed by atoms with Crippen molar-refractivity contribution in [2.24, 2.45) is 0 Å². The molecule has 188 valence electrons. The van der Waals surface area contributed by atoms with E-state index in [0.29, 0.717) is 57.3 Å². The molecule has 0 saturated carbocycles. The average Bonchev–Trinajstić information content (AvgIpc) is 3.16. The minimum Gasteiger partial charge on any atom is -0.493 e. The summed E-state index contributed by atoms with van der Waals surface area (Å²) < 4.78 is 12.6. The van der Waals surface area contributed by atoms with Crippen LogP contribution in [0.2, 0.25) is 0 Å². The lowest BCUT2D eigenvalue weighted by Gasteiger charge is -2.15. The predicted octanol–water partition coefficient (Wildman–Crippen LogP) is 4.37. The van der Waals surface area contributed by atoms with E-state index in [4.69, 9.17) is 21.7 Å². The Labute approximate surface area is 219 Å². The quantitative estimate of drug-likeness (QED) is 0.238. The zero-order valence-electron chi connectivity index (χ0n) is 20.4. The predicted molar refractivity (Wildman–Crippen MR) is 148 cm³/mol. The number of methoxy groups -OCH3 is 2. The molecule has 0 aliphatic carbocycles. The number of nitrogens with one attached hydrogen (secondary N) is 1. The standard InChI is InChI=1S/C26H28N4O4S2/c1-4-5-12-27-23-18(24(31)29-13-7-6-8-22(29)28-23)16-21-25(32)30(26(35)36-21)14-11-17-9-10-19(33-2)20(15-17)34-3/h6-10,13,15-16,27H,4-5,11-12,14H2,1-3H3. The molecule has 1 fully saturated rings. The van der Waals surface area contributed by atoms with Crippen molar-refractivity contribution >= 4 is 51.7 Å². The molecule has 8 nitrogen and oxygen atoms in total. The number of rotatable bonds is 10. The van der Waals surface area contributed by atoms with Crippen LogP contribution in [0.25, 0.3) is 11.7 Å².